The van der Waals surface area contributed by atoms with Gasteiger partial charge in [0.05, 0.1) is 15.9 Å². The van der Waals surface area contributed by atoms with E-state index in [1.165, 1.54) is 16.7 Å². The van der Waals surface area contributed by atoms with Gasteiger partial charge >= 0.3 is 0 Å². The van der Waals surface area contributed by atoms with Gasteiger partial charge in [0.25, 0.3) is 0 Å². The molecule has 0 saturated carbocycles. The van der Waals surface area contributed by atoms with Crippen molar-refractivity contribution in [3.05, 3.63) is 54.1 Å². The van der Waals surface area contributed by atoms with Gasteiger partial charge in [0.2, 0.25) is 11.8 Å². The van der Waals surface area contributed by atoms with Gasteiger partial charge in [-0.15, -0.1) is 11.3 Å². The molecule has 1 fully saturated rings. The Bertz CT molecular complexity index is 918. The highest BCUT2D eigenvalue weighted by molar-refractivity contribution is 8.02. The van der Waals surface area contributed by atoms with Gasteiger partial charge in [0.1, 0.15) is 5.25 Å². The number of nitrogens with zero attached hydrogens (tertiary/aromatic N) is 2. The molecule has 0 bridgehead atoms. The lowest BCUT2D eigenvalue weighted by Crippen LogP contribution is -2.31. The van der Waals surface area contributed by atoms with Crippen LogP contribution < -0.4 is 4.90 Å². The molecule has 120 valence electrons. The fourth-order valence-corrected chi connectivity index (χ4v) is 5.12. The standard InChI is InChI=1S/C18H14N2O2S2/c1-11-6-2-4-8-13(11)20-16(21)10-15(17(20)22)24-18-19-12-7-3-5-9-14(12)23-18/h2-9,15H,10H2,1H3. The predicted molar refractivity (Wildman–Crippen MR) is 97.6 cm³/mol. The molecule has 2 heterocycles. The highest BCUT2D eigenvalue weighted by atomic mass is 32.2. The Morgan fingerprint density at radius 3 is 2.67 bits per heavy atom. The van der Waals surface area contributed by atoms with E-state index < -0.39 is 5.25 Å². The van der Waals surface area contributed by atoms with Gasteiger partial charge in [0, 0.05) is 6.42 Å². The average molecular weight is 354 g/mol. The smallest absolute Gasteiger partial charge is 0.247 e. The third kappa shape index (κ3) is 2.61. The van der Waals surface area contributed by atoms with Crippen LogP contribution in [0.5, 0.6) is 0 Å². The first-order chi connectivity index (χ1) is 11.6. The number of benzene rings is 2. The summed E-state index contributed by atoms with van der Waals surface area (Å²) in [5.74, 6) is -0.300. The number of thioether (sulfide) groups is 1. The van der Waals surface area contributed by atoms with Crippen LogP contribution in [0, 0.1) is 6.92 Å². The van der Waals surface area contributed by atoms with E-state index in [0.29, 0.717) is 5.69 Å². The number of imide groups is 1. The number of para-hydroxylation sites is 2. The van der Waals surface area contributed by atoms with E-state index in [1.54, 1.807) is 11.3 Å². The number of aryl methyl sites for hydroxylation is 1. The second-order valence-electron chi connectivity index (χ2n) is 5.61. The number of carbonyl (C=O) groups is 2. The van der Waals surface area contributed by atoms with E-state index >= 15 is 0 Å². The highest BCUT2D eigenvalue weighted by Gasteiger charge is 2.41. The Morgan fingerprint density at radius 1 is 1.12 bits per heavy atom. The molecule has 24 heavy (non-hydrogen) atoms. The quantitative estimate of drug-likeness (QED) is 0.667. The summed E-state index contributed by atoms with van der Waals surface area (Å²) in [6.45, 7) is 1.91. The molecule has 1 atom stereocenters. The van der Waals surface area contributed by atoms with E-state index in [2.05, 4.69) is 4.98 Å². The van der Waals surface area contributed by atoms with Crippen molar-refractivity contribution in [1.82, 2.24) is 4.98 Å². The molecule has 0 N–H and O–H groups in total. The van der Waals surface area contributed by atoms with Crippen LogP contribution in [0.4, 0.5) is 5.69 Å². The molecule has 4 rings (SSSR count). The predicted octanol–water partition coefficient (Wildman–Crippen LogP) is 4.03. The van der Waals surface area contributed by atoms with Crippen molar-refractivity contribution in [3.8, 4) is 0 Å². The molecule has 2 amide bonds. The summed E-state index contributed by atoms with van der Waals surface area (Å²) < 4.78 is 1.92. The van der Waals surface area contributed by atoms with Gasteiger partial charge in [0.15, 0.2) is 4.34 Å². The molecular weight excluding hydrogens is 340 g/mol. The second kappa shape index (κ2) is 6.03. The number of aromatic nitrogens is 1. The SMILES string of the molecule is Cc1ccccc1N1C(=O)CC(Sc2nc3ccccc3s2)C1=O. The van der Waals surface area contributed by atoms with E-state index in [-0.39, 0.29) is 18.2 Å². The zero-order chi connectivity index (χ0) is 16.7. The Kier molecular flexibility index (Phi) is 3.86. The molecule has 1 saturated heterocycles. The van der Waals surface area contributed by atoms with Crippen molar-refractivity contribution in [2.75, 3.05) is 4.90 Å². The number of amides is 2. The first-order valence-electron chi connectivity index (χ1n) is 7.58. The number of fused-ring (bicyclic) bond motifs is 1. The first-order valence-corrected chi connectivity index (χ1v) is 9.28. The lowest BCUT2D eigenvalue weighted by atomic mass is 10.2. The van der Waals surface area contributed by atoms with Crippen LogP contribution in [-0.2, 0) is 9.59 Å². The minimum atomic E-state index is -0.405. The fourth-order valence-electron chi connectivity index (χ4n) is 2.79. The van der Waals surface area contributed by atoms with Crippen LogP contribution in [0.25, 0.3) is 10.2 Å². The lowest BCUT2D eigenvalue weighted by Gasteiger charge is -2.16. The summed E-state index contributed by atoms with van der Waals surface area (Å²) in [6.07, 6.45) is 0.216. The van der Waals surface area contributed by atoms with Crippen LogP contribution in [0.15, 0.2) is 52.9 Å². The molecule has 0 spiro atoms. The molecule has 4 nitrogen and oxygen atoms in total. The number of carbonyl (C=O) groups excluding carboxylic acids is 2. The van der Waals surface area contributed by atoms with Crippen LogP contribution in [0.2, 0.25) is 0 Å². The van der Waals surface area contributed by atoms with Crippen LogP contribution >= 0.6 is 23.1 Å². The largest absolute Gasteiger partial charge is 0.274 e. The molecule has 1 aliphatic heterocycles. The minimum absolute atomic E-state index is 0.145. The van der Waals surface area contributed by atoms with Crippen molar-refractivity contribution < 1.29 is 9.59 Å². The number of hydrogen-bond donors (Lipinski definition) is 0. The Labute approximate surface area is 147 Å². The molecule has 3 aromatic rings. The van der Waals surface area contributed by atoms with Gasteiger partial charge in [-0.3, -0.25) is 9.59 Å². The summed E-state index contributed by atoms with van der Waals surface area (Å²) >= 11 is 2.95. The summed E-state index contributed by atoms with van der Waals surface area (Å²) in [7, 11) is 0. The first kappa shape index (κ1) is 15.4. The van der Waals surface area contributed by atoms with E-state index in [0.717, 1.165) is 20.1 Å². The number of hydrogen-bond acceptors (Lipinski definition) is 5. The third-order valence-electron chi connectivity index (χ3n) is 3.98. The maximum Gasteiger partial charge on any atom is 0.247 e. The highest BCUT2D eigenvalue weighted by Crippen LogP contribution is 2.38. The van der Waals surface area contributed by atoms with Gasteiger partial charge in [-0.2, -0.15) is 0 Å². The van der Waals surface area contributed by atoms with Gasteiger partial charge in [-0.25, -0.2) is 9.88 Å². The molecule has 6 heteroatoms. The maximum absolute atomic E-state index is 12.7. The number of anilines is 1. The summed E-state index contributed by atoms with van der Waals surface area (Å²) in [4.78, 5) is 31.0. The van der Waals surface area contributed by atoms with Crippen LogP contribution in [-0.4, -0.2) is 22.0 Å². The molecule has 1 unspecified atom stereocenters. The molecule has 0 aliphatic carbocycles. The second-order valence-corrected chi connectivity index (χ2v) is 8.09. The molecular formula is C18H14N2O2S2. The Morgan fingerprint density at radius 2 is 1.88 bits per heavy atom. The van der Waals surface area contributed by atoms with E-state index in [9.17, 15) is 9.59 Å². The van der Waals surface area contributed by atoms with Gasteiger partial charge in [-0.05, 0) is 30.7 Å². The summed E-state index contributed by atoms with van der Waals surface area (Å²) in [5, 5.41) is -0.405. The van der Waals surface area contributed by atoms with Crippen molar-refractivity contribution >= 4 is 50.8 Å². The maximum atomic E-state index is 12.7. The lowest BCUT2D eigenvalue weighted by molar-refractivity contribution is -0.121. The third-order valence-corrected chi connectivity index (χ3v) is 6.29. The van der Waals surface area contributed by atoms with Gasteiger partial charge < -0.3 is 0 Å². The summed E-state index contributed by atoms with van der Waals surface area (Å²) in [5.41, 5.74) is 2.53. The molecule has 0 radical (unpaired) electrons. The topological polar surface area (TPSA) is 50.3 Å². The monoisotopic (exact) mass is 354 g/mol. The average Bonchev–Trinajstić information content (AvgIpc) is 3.09. The molecule has 1 aliphatic rings. The molecule has 1 aromatic heterocycles. The van der Waals surface area contributed by atoms with Crippen molar-refractivity contribution in [3.63, 3.8) is 0 Å². The van der Waals surface area contributed by atoms with Gasteiger partial charge in [-0.1, -0.05) is 42.1 Å². The van der Waals surface area contributed by atoms with Crippen molar-refractivity contribution in [2.24, 2.45) is 0 Å². The molecule has 2 aromatic carbocycles. The summed E-state index contributed by atoms with van der Waals surface area (Å²) in [6, 6.07) is 15.4. The van der Waals surface area contributed by atoms with E-state index in [1.807, 2.05) is 55.5 Å². The zero-order valence-corrected chi connectivity index (χ0v) is 14.6. The van der Waals surface area contributed by atoms with Crippen molar-refractivity contribution in [2.45, 2.75) is 22.9 Å². The normalized spacial score (nSPS) is 17.9. The minimum Gasteiger partial charge on any atom is -0.274 e. The van der Waals surface area contributed by atoms with Crippen LogP contribution in [0.1, 0.15) is 12.0 Å². The Balaban J connectivity index is 1.60. The van der Waals surface area contributed by atoms with Crippen LogP contribution in [0.3, 0.4) is 0 Å². The number of thiazole rings is 1. The van der Waals surface area contributed by atoms with E-state index in [4.69, 9.17) is 0 Å². The zero-order valence-electron chi connectivity index (χ0n) is 12.9. The number of rotatable bonds is 3. The van der Waals surface area contributed by atoms with Crippen molar-refractivity contribution in [1.29, 1.82) is 0 Å². The Hall–Kier alpha value is -2.18. The fraction of sp³-hybridized carbons (Fsp3) is 0.167.